The lowest BCUT2D eigenvalue weighted by molar-refractivity contribution is -0.121. The van der Waals surface area contributed by atoms with Gasteiger partial charge in [-0.1, -0.05) is 12.1 Å². The third kappa shape index (κ3) is 5.77. The largest absolute Gasteiger partial charge is 0.352 e. The molecule has 0 spiro atoms. The summed E-state index contributed by atoms with van der Waals surface area (Å²) < 4.78 is 0. The molecule has 1 fully saturated rings. The summed E-state index contributed by atoms with van der Waals surface area (Å²) in [4.78, 5) is 22.8. The van der Waals surface area contributed by atoms with E-state index < -0.39 is 0 Å². The van der Waals surface area contributed by atoms with E-state index in [1.807, 2.05) is 36.0 Å². The van der Waals surface area contributed by atoms with Gasteiger partial charge in [0.1, 0.15) is 0 Å². The van der Waals surface area contributed by atoms with Crippen LogP contribution in [0.5, 0.6) is 0 Å². The Labute approximate surface area is 129 Å². The summed E-state index contributed by atoms with van der Waals surface area (Å²) >= 11 is 1.89. The number of amides is 2. The lowest BCUT2D eigenvalue weighted by atomic mass is 10.2. The van der Waals surface area contributed by atoms with Crippen LogP contribution in [0, 0.1) is 0 Å². The van der Waals surface area contributed by atoms with E-state index in [0.29, 0.717) is 13.0 Å². The second kappa shape index (κ2) is 8.05. The summed E-state index contributed by atoms with van der Waals surface area (Å²) in [5.74, 6) is 2.10. The summed E-state index contributed by atoms with van der Waals surface area (Å²) in [5, 5.41) is 9.00. The molecule has 2 rings (SSSR count). The maximum absolute atomic E-state index is 11.9. The van der Waals surface area contributed by atoms with Crippen LogP contribution in [0.25, 0.3) is 0 Å². The van der Waals surface area contributed by atoms with Crippen molar-refractivity contribution in [3.8, 4) is 0 Å². The Morgan fingerprint density at radius 3 is 2.71 bits per heavy atom. The molecule has 1 heterocycles. The van der Waals surface area contributed by atoms with Gasteiger partial charge in [-0.3, -0.25) is 9.59 Å². The molecular formula is C15H21N3O2S. The van der Waals surface area contributed by atoms with Gasteiger partial charge in [-0.25, -0.2) is 0 Å². The van der Waals surface area contributed by atoms with Gasteiger partial charge in [0, 0.05) is 49.7 Å². The number of anilines is 1. The van der Waals surface area contributed by atoms with Crippen molar-refractivity contribution in [1.29, 1.82) is 0 Å². The number of thioether (sulfide) groups is 1. The molecule has 0 saturated carbocycles. The lowest BCUT2D eigenvalue weighted by Gasteiger charge is -2.22. The van der Waals surface area contributed by atoms with Crippen LogP contribution in [0.15, 0.2) is 24.3 Å². The van der Waals surface area contributed by atoms with Crippen LogP contribution in [0.2, 0.25) is 0 Å². The zero-order valence-corrected chi connectivity index (χ0v) is 13.0. The average Bonchev–Trinajstić information content (AvgIpc) is 2.47. The van der Waals surface area contributed by atoms with Gasteiger partial charge in [0.15, 0.2) is 0 Å². The minimum Gasteiger partial charge on any atom is -0.352 e. The first-order valence-electron chi connectivity index (χ1n) is 7.08. The monoisotopic (exact) mass is 307 g/mol. The van der Waals surface area contributed by atoms with Gasteiger partial charge in [-0.2, -0.15) is 11.8 Å². The van der Waals surface area contributed by atoms with Crippen LogP contribution in [-0.4, -0.2) is 35.9 Å². The number of hydrogen-bond acceptors (Lipinski definition) is 4. The van der Waals surface area contributed by atoms with E-state index in [2.05, 4.69) is 16.0 Å². The van der Waals surface area contributed by atoms with Gasteiger partial charge in [0.2, 0.25) is 11.8 Å². The first kappa shape index (κ1) is 15.9. The fourth-order valence-corrected chi connectivity index (χ4v) is 3.11. The van der Waals surface area contributed by atoms with E-state index in [0.717, 1.165) is 29.3 Å². The van der Waals surface area contributed by atoms with Gasteiger partial charge in [-0.05, 0) is 17.7 Å². The Balaban J connectivity index is 1.74. The van der Waals surface area contributed by atoms with Crippen molar-refractivity contribution in [1.82, 2.24) is 10.6 Å². The topological polar surface area (TPSA) is 70.2 Å². The number of rotatable bonds is 5. The van der Waals surface area contributed by atoms with Crippen molar-refractivity contribution in [3.05, 3.63) is 29.8 Å². The second-order valence-electron chi connectivity index (χ2n) is 5.08. The maximum atomic E-state index is 11.9. The fraction of sp³-hybridized carbons (Fsp3) is 0.467. The van der Waals surface area contributed by atoms with Crippen LogP contribution < -0.4 is 16.0 Å². The second-order valence-corrected chi connectivity index (χ2v) is 6.23. The standard InChI is InChI=1S/C15H21N3O2S/c1-11(19)18-13-4-2-12(3-5-13)9-17-15(20)8-14-10-21-7-6-16-14/h2-5,14,16H,6-10H2,1H3,(H,17,20)(H,18,19). The van der Waals surface area contributed by atoms with Gasteiger partial charge >= 0.3 is 0 Å². The predicted octanol–water partition coefficient (Wildman–Crippen LogP) is 1.36. The minimum absolute atomic E-state index is 0.0703. The molecule has 21 heavy (non-hydrogen) atoms. The van der Waals surface area contributed by atoms with Gasteiger partial charge < -0.3 is 16.0 Å². The van der Waals surface area contributed by atoms with Crippen LogP contribution in [0.4, 0.5) is 5.69 Å². The first-order chi connectivity index (χ1) is 10.1. The van der Waals surface area contributed by atoms with E-state index >= 15 is 0 Å². The van der Waals surface area contributed by atoms with Gasteiger partial charge in [0.25, 0.3) is 0 Å². The highest BCUT2D eigenvalue weighted by atomic mass is 32.2. The van der Waals surface area contributed by atoms with Crippen LogP contribution in [0.3, 0.4) is 0 Å². The van der Waals surface area contributed by atoms with Crippen LogP contribution >= 0.6 is 11.8 Å². The average molecular weight is 307 g/mol. The van der Waals surface area contributed by atoms with E-state index in [4.69, 9.17) is 0 Å². The molecule has 0 bridgehead atoms. The van der Waals surface area contributed by atoms with E-state index in [9.17, 15) is 9.59 Å². The smallest absolute Gasteiger partial charge is 0.221 e. The maximum Gasteiger partial charge on any atom is 0.221 e. The zero-order valence-electron chi connectivity index (χ0n) is 12.1. The van der Waals surface area contributed by atoms with Crippen molar-refractivity contribution in [2.75, 3.05) is 23.4 Å². The van der Waals surface area contributed by atoms with E-state index in [-0.39, 0.29) is 17.9 Å². The molecule has 1 saturated heterocycles. The molecular weight excluding hydrogens is 286 g/mol. The molecule has 6 heteroatoms. The Bertz CT molecular complexity index is 484. The molecule has 1 aromatic rings. The molecule has 1 aliphatic rings. The summed E-state index contributed by atoms with van der Waals surface area (Å²) in [6.07, 6.45) is 0.525. The molecule has 3 N–H and O–H groups in total. The minimum atomic E-state index is -0.0890. The molecule has 1 unspecified atom stereocenters. The summed E-state index contributed by atoms with van der Waals surface area (Å²) in [6, 6.07) is 7.76. The van der Waals surface area contributed by atoms with E-state index in [1.54, 1.807) is 0 Å². The Hall–Kier alpha value is -1.53. The highest BCUT2D eigenvalue weighted by molar-refractivity contribution is 7.99. The van der Waals surface area contributed by atoms with Crippen molar-refractivity contribution < 1.29 is 9.59 Å². The quantitative estimate of drug-likeness (QED) is 0.768. The molecule has 0 aliphatic carbocycles. The van der Waals surface area contributed by atoms with Gasteiger partial charge in [0.05, 0.1) is 0 Å². The molecule has 0 radical (unpaired) electrons. The fourth-order valence-electron chi connectivity index (χ4n) is 2.16. The summed E-state index contributed by atoms with van der Waals surface area (Å²) in [6.45, 7) is 2.97. The van der Waals surface area contributed by atoms with Crippen molar-refractivity contribution in [2.24, 2.45) is 0 Å². The third-order valence-electron chi connectivity index (χ3n) is 3.19. The number of carbonyl (C=O) groups is 2. The highest BCUT2D eigenvalue weighted by Gasteiger charge is 2.16. The highest BCUT2D eigenvalue weighted by Crippen LogP contribution is 2.11. The first-order valence-corrected chi connectivity index (χ1v) is 8.23. The number of nitrogens with one attached hydrogen (secondary N) is 3. The predicted molar refractivity (Wildman–Crippen MR) is 86.3 cm³/mol. The number of benzene rings is 1. The molecule has 1 aliphatic heterocycles. The van der Waals surface area contributed by atoms with Gasteiger partial charge in [-0.15, -0.1) is 0 Å². The van der Waals surface area contributed by atoms with Crippen molar-refractivity contribution in [2.45, 2.75) is 25.9 Å². The molecule has 114 valence electrons. The molecule has 0 aromatic heterocycles. The molecule has 1 atom stereocenters. The SMILES string of the molecule is CC(=O)Nc1ccc(CNC(=O)CC2CSCCN2)cc1. The summed E-state index contributed by atoms with van der Waals surface area (Å²) in [7, 11) is 0. The Morgan fingerprint density at radius 1 is 1.33 bits per heavy atom. The normalized spacial score (nSPS) is 18.0. The van der Waals surface area contributed by atoms with Crippen LogP contribution in [0.1, 0.15) is 18.9 Å². The Morgan fingerprint density at radius 2 is 2.10 bits per heavy atom. The molecule has 2 amide bonds. The Kier molecular flexibility index (Phi) is 6.07. The zero-order chi connectivity index (χ0) is 15.1. The lowest BCUT2D eigenvalue weighted by Crippen LogP contribution is -2.41. The molecule has 1 aromatic carbocycles. The van der Waals surface area contributed by atoms with Crippen molar-refractivity contribution >= 4 is 29.3 Å². The van der Waals surface area contributed by atoms with Crippen LogP contribution in [-0.2, 0) is 16.1 Å². The number of carbonyl (C=O) groups excluding carboxylic acids is 2. The summed E-state index contributed by atoms with van der Waals surface area (Å²) in [5.41, 5.74) is 1.78. The van der Waals surface area contributed by atoms with E-state index in [1.165, 1.54) is 6.92 Å². The van der Waals surface area contributed by atoms with Crippen molar-refractivity contribution in [3.63, 3.8) is 0 Å². The number of hydrogen-bond donors (Lipinski definition) is 3. The third-order valence-corrected chi connectivity index (χ3v) is 4.33. The molecule has 5 nitrogen and oxygen atoms in total.